The maximum atomic E-state index is 5.42. The van der Waals surface area contributed by atoms with E-state index >= 15 is 0 Å². The summed E-state index contributed by atoms with van der Waals surface area (Å²) in [6.45, 7) is 6.77. The van der Waals surface area contributed by atoms with Crippen LogP contribution < -0.4 is 15.4 Å². The number of aliphatic imine (C=N–C) groups is 1. The van der Waals surface area contributed by atoms with E-state index in [0.29, 0.717) is 0 Å². The zero-order chi connectivity index (χ0) is 16.2. The number of hydrogen-bond acceptors (Lipinski definition) is 3. The lowest BCUT2D eigenvalue weighted by Crippen LogP contribution is -2.38. The van der Waals surface area contributed by atoms with Crippen LogP contribution in [0.2, 0.25) is 0 Å². The molecule has 0 aliphatic carbocycles. The molecule has 1 rings (SSSR count). The minimum Gasteiger partial charge on any atom is -0.496 e. The number of benzene rings is 1. The molecule has 23 heavy (non-hydrogen) atoms. The Balaban J connectivity index is 0.00000484. The average Bonchev–Trinajstić information content (AvgIpc) is 2.51. The molecular formula is C17H30IN3OS. The molecule has 2 N–H and O–H groups in total. The number of nitrogens with zero attached hydrogens (tertiary/aromatic N) is 1. The van der Waals surface area contributed by atoms with Gasteiger partial charge in [0.15, 0.2) is 5.96 Å². The molecule has 0 amide bonds. The normalized spacial score (nSPS) is 10.9. The highest BCUT2D eigenvalue weighted by Crippen LogP contribution is 2.19. The first-order valence-electron chi connectivity index (χ1n) is 7.85. The highest BCUT2D eigenvalue weighted by atomic mass is 127. The fraction of sp³-hybridized carbons (Fsp3) is 0.588. The van der Waals surface area contributed by atoms with Crippen molar-refractivity contribution in [3.8, 4) is 5.75 Å². The second kappa shape index (κ2) is 13.8. The molecule has 0 heterocycles. The molecule has 0 aliphatic rings. The van der Waals surface area contributed by atoms with Gasteiger partial charge < -0.3 is 15.4 Å². The van der Waals surface area contributed by atoms with Gasteiger partial charge in [0.1, 0.15) is 5.75 Å². The van der Waals surface area contributed by atoms with Crippen molar-refractivity contribution in [2.24, 2.45) is 4.99 Å². The fourth-order valence-electron chi connectivity index (χ4n) is 2.16. The molecule has 6 heteroatoms. The smallest absolute Gasteiger partial charge is 0.191 e. The molecule has 1 aromatic rings. The van der Waals surface area contributed by atoms with Crippen molar-refractivity contribution in [3.63, 3.8) is 0 Å². The van der Waals surface area contributed by atoms with Crippen LogP contribution in [0.1, 0.15) is 24.5 Å². The lowest BCUT2D eigenvalue weighted by Gasteiger charge is -2.13. The molecule has 1 aromatic carbocycles. The Morgan fingerprint density at radius 2 is 2.09 bits per heavy atom. The van der Waals surface area contributed by atoms with Gasteiger partial charge in [0.25, 0.3) is 0 Å². The van der Waals surface area contributed by atoms with Crippen molar-refractivity contribution in [1.29, 1.82) is 0 Å². The topological polar surface area (TPSA) is 45.7 Å². The lowest BCUT2D eigenvalue weighted by molar-refractivity contribution is 0.409. The van der Waals surface area contributed by atoms with Crippen LogP contribution in [0.15, 0.2) is 23.2 Å². The fourth-order valence-corrected chi connectivity index (χ4v) is 2.58. The Morgan fingerprint density at radius 3 is 2.74 bits per heavy atom. The van der Waals surface area contributed by atoms with Crippen molar-refractivity contribution in [3.05, 3.63) is 29.3 Å². The summed E-state index contributed by atoms with van der Waals surface area (Å²) in [5.74, 6) is 3.01. The summed E-state index contributed by atoms with van der Waals surface area (Å²) in [5, 5.41) is 6.68. The van der Waals surface area contributed by atoms with Crippen LogP contribution in [0.3, 0.4) is 0 Å². The van der Waals surface area contributed by atoms with E-state index in [9.17, 15) is 0 Å². The van der Waals surface area contributed by atoms with Gasteiger partial charge in [0.05, 0.1) is 7.11 Å². The summed E-state index contributed by atoms with van der Waals surface area (Å²) in [6, 6.07) is 6.29. The Hall–Kier alpha value is -0.630. The predicted octanol–water partition coefficient (Wildman–Crippen LogP) is 3.47. The van der Waals surface area contributed by atoms with Crippen LogP contribution in [-0.4, -0.2) is 44.7 Å². The van der Waals surface area contributed by atoms with Gasteiger partial charge >= 0.3 is 0 Å². The van der Waals surface area contributed by atoms with Crippen LogP contribution in [0.5, 0.6) is 5.75 Å². The first-order chi connectivity index (χ1) is 10.7. The van der Waals surface area contributed by atoms with Crippen LogP contribution in [0, 0.1) is 6.92 Å². The first kappa shape index (κ1) is 22.4. The third kappa shape index (κ3) is 9.30. The maximum absolute atomic E-state index is 5.42. The van der Waals surface area contributed by atoms with E-state index in [2.05, 4.69) is 47.9 Å². The second-order valence-corrected chi connectivity index (χ2v) is 6.08. The highest BCUT2D eigenvalue weighted by molar-refractivity contribution is 14.0. The van der Waals surface area contributed by atoms with Crippen LogP contribution >= 0.6 is 35.7 Å². The molecule has 4 nitrogen and oxygen atoms in total. The van der Waals surface area contributed by atoms with Gasteiger partial charge in [0, 0.05) is 19.6 Å². The Labute approximate surface area is 162 Å². The van der Waals surface area contributed by atoms with Crippen LogP contribution in [0.4, 0.5) is 0 Å². The molecule has 0 radical (unpaired) electrons. The van der Waals surface area contributed by atoms with Gasteiger partial charge in [-0.3, -0.25) is 4.99 Å². The number of aryl methyl sites for hydroxylation is 1. The molecule has 0 spiro atoms. The molecule has 0 bridgehead atoms. The van der Waals surface area contributed by atoms with Crippen molar-refractivity contribution in [1.82, 2.24) is 10.6 Å². The van der Waals surface area contributed by atoms with Gasteiger partial charge in [-0.15, -0.1) is 24.0 Å². The number of rotatable bonds is 9. The van der Waals surface area contributed by atoms with Crippen LogP contribution in [-0.2, 0) is 6.42 Å². The minimum atomic E-state index is 0. The number of nitrogens with one attached hydrogen (secondary N) is 2. The first-order valence-corrected chi connectivity index (χ1v) is 9.25. The third-order valence-electron chi connectivity index (χ3n) is 3.24. The summed E-state index contributed by atoms with van der Waals surface area (Å²) in [6.07, 6.45) is 4.16. The van der Waals surface area contributed by atoms with Crippen molar-refractivity contribution in [2.45, 2.75) is 26.7 Å². The van der Waals surface area contributed by atoms with Crippen molar-refractivity contribution in [2.75, 3.05) is 38.8 Å². The van der Waals surface area contributed by atoms with E-state index in [0.717, 1.165) is 49.9 Å². The summed E-state index contributed by atoms with van der Waals surface area (Å²) in [7, 11) is 1.72. The number of ether oxygens (including phenoxy) is 1. The van der Waals surface area contributed by atoms with Crippen molar-refractivity contribution >= 4 is 41.7 Å². The van der Waals surface area contributed by atoms with E-state index in [1.54, 1.807) is 7.11 Å². The highest BCUT2D eigenvalue weighted by Gasteiger charge is 2.04. The van der Waals surface area contributed by atoms with Gasteiger partial charge in [-0.25, -0.2) is 0 Å². The van der Waals surface area contributed by atoms with Gasteiger partial charge in [-0.05, 0) is 50.3 Å². The zero-order valence-corrected chi connectivity index (χ0v) is 17.8. The molecule has 0 aliphatic heterocycles. The Kier molecular flexibility index (Phi) is 13.4. The largest absolute Gasteiger partial charge is 0.496 e. The number of thioether (sulfide) groups is 1. The minimum absolute atomic E-state index is 0. The van der Waals surface area contributed by atoms with Crippen molar-refractivity contribution < 1.29 is 4.74 Å². The second-order valence-electron chi connectivity index (χ2n) is 5.10. The number of guanidine groups is 1. The standard InChI is InChI=1S/C17H29N3OS.HI/c1-5-18-17(19-10-6-12-22-4)20-11-9-15-13-14(2)7-8-16(15)21-3;/h7-8,13H,5-6,9-12H2,1-4H3,(H2,18,19,20);1H. The van der Waals surface area contributed by atoms with E-state index in [4.69, 9.17) is 4.74 Å². The average molecular weight is 451 g/mol. The lowest BCUT2D eigenvalue weighted by atomic mass is 10.1. The summed E-state index contributed by atoms with van der Waals surface area (Å²) in [5.41, 5.74) is 2.49. The van der Waals surface area contributed by atoms with Gasteiger partial charge in [0.2, 0.25) is 0 Å². The molecule has 132 valence electrons. The number of hydrogen-bond donors (Lipinski definition) is 2. The molecule has 0 saturated carbocycles. The zero-order valence-electron chi connectivity index (χ0n) is 14.6. The summed E-state index contributed by atoms with van der Waals surface area (Å²) >= 11 is 1.86. The maximum Gasteiger partial charge on any atom is 0.191 e. The van der Waals surface area contributed by atoms with E-state index in [1.807, 2.05) is 17.8 Å². The monoisotopic (exact) mass is 451 g/mol. The summed E-state index contributed by atoms with van der Waals surface area (Å²) in [4.78, 5) is 4.59. The SMILES string of the molecule is CCNC(=NCCCSC)NCCc1cc(C)ccc1OC.I. The van der Waals surface area contributed by atoms with E-state index in [1.165, 1.54) is 11.1 Å². The van der Waals surface area contributed by atoms with Gasteiger partial charge in [-0.1, -0.05) is 17.7 Å². The molecule has 0 atom stereocenters. The van der Waals surface area contributed by atoms with Gasteiger partial charge in [-0.2, -0.15) is 11.8 Å². The quantitative estimate of drug-likeness (QED) is 0.261. The molecular weight excluding hydrogens is 421 g/mol. The molecule has 0 fully saturated rings. The predicted molar refractivity (Wildman–Crippen MR) is 114 cm³/mol. The number of halogens is 1. The molecule has 0 aromatic heterocycles. The third-order valence-corrected chi connectivity index (χ3v) is 3.94. The van der Waals surface area contributed by atoms with E-state index < -0.39 is 0 Å². The number of methoxy groups -OCH3 is 1. The molecule has 0 unspecified atom stereocenters. The van der Waals surface area contributed by atoms with E-state index in [-0.39, 0.29) is 24.0 Å². The summed E-state index contributed by atoms with van der Waals surface area (Å²) < 4.78 is 5.42. The van der Waals surface area contributed by atoms with Crippen LogP contribution in [0.25, 0.3) is 0 Å². The Morgan fingerprint density at radius 1 is 1.30 bits per heavy atom. The Bertz CT molecular complexity index is 469. The molecule has 0 saturated heterocycles.